The standard InChI is InChI=1S/C20H20BrN5O/c21-15-3-5-16(6-4-15)24-20(27)18-2-1-9-23-19(18)25-11-7-17(8-12-25)26-13-10-22-14-26/h1-6,9-10,13-14,17H,7-8,11-12H2,(H,24,27). The maximum absolute atomic E-state index is 12.8. The molecule has 1 amide bonds. The zero-order valence-corrected chi connectivity index (χ0v) is 16.3. The van der Waals surface area contributed by atoms with Crippen LogP contribution in [0, 0.1) is 0 Å². The van der Waals surface area contributed by atoms with E-state index in [4.69, 9.17) is 0 Å². The molecule has 138 valence electrons. The van der Waals surface area contributed by atoms with Crippen LogP contribution in [0.15, 0.2) is 65.8 Å². The fourth-order valence-corrected chi connectivity index (χ4v) is 3.68. The summed E-state index contributed by atoms with van der Waals surface area (Å²) in [6.45, 7) is 1.72. The second kappa shape index (κ2) is 7.92. The smallest absolute Gasteiger partial charge is 0.259 e. The number of aromatic nitrogens is 3. The first-order valence-electron chi connectivity index (χ1n) is 8.95. The molecule has 1 saturated heterocycles. The third-order valence-corrected chi connectivity index (χ3v) is 5.37. The summed E-state index contributed by atoms with van der Waals surface area (Å²) in [5.41, 5.74) is 1.36. The van der Waals surface area contributed by atoms with Gasteiger partial charge in [0.2, 0.25) is 0 Å². The molecule has 2 aromatic heterocycles. The lowest BCUT2D eigenvalue weighted by molar-refractivity contribution is 0.102. The van der Waals surface area contributed by atoms with Crippen molar-refractivity contribution < 1.29 is 4.79 Å². The molecule has 0 radical (unpaired) electrons. The highest BCUT2D eigenvalue weighted by Crippen LogP contribution is 2.27. The van der Waals surface area contributed by atoms with Crippen LogP contribution in [0.3, 0.4) is 0 Å². The predicted molar refractivity (Wildman–Crippen MR) is 109 cm³/mol. The zero-order chi connectivity index (χ0) is 18.6. The average molecular weight is 426 g/mol. The van der Waals surface area contributed by atoms with Gasteiger partial charge in [0.25, 0.3) is 5.91 Å². The van der Waals surface area contributed by atoms with Crippen molar-refractivity contribution in [1.82, 2.24) is 14.5 Å². The fourth-order valence-electron chi connectivity index (χ4n) is 3.42. The van der Waals surface area contributed by atoms with Gasteiger partial charge in [-0.05, 0) is 49.2 Å². The van der Waals surface area contributed by atoms with E-state index in [-0.39, 0.29) is 5.91 Å². The van der Waals surface area contributed by atoms with E-state index in [2.05, 4.69) is 40.7 Å². The maximum atomic E-state index is 12.8. The number of carbonyl (C=O) groups excluding carboxylic acids is 1. The number of hydrogen-bond donors (Lipinski definition) is 1. The van der Waals surface area contributed by atoms with Crippen molar-refractivity contribution >= 4 is 33.3 Å². The van der Waals surface area contributed by atoms with Crippen molar-refractivity contribution in [1.29, 1.82) is 0 Å². The highest BCUT2D eigenvalue weighted by molar-refractivity contribution is 9.10. The molecule has 0 saturated carbocycles. The van der Waals surface area contributed by atoms with Crippen LogP contribution in [0.2, 0.25) is 0 Å². The van der Waals surface area contributed by atoms with E-state index in [9.17, 15) is 4.79 Å². The van der Waals surface area contributed by atoms with Gasteiger partial charge in [-0.15, -0.1) is 0 Å². The average Bonchev–Trinajstić information content (AvgIpc) is 3.25. The lowest BCUT2D eigenvalue weighted by Crippen LogP contribution is -2.36. The molecule has 3 aromatic rings. The van der Waals surface area contributed by atoms with E-state index in [1.54, 1.807) is 12.3 Å². The number of imidazole rings is 1. The number of pyridine rings is 1. The summed E-state index contributed by atoms with van der Waals surface area (Å²) in [6, 6.07) is 11.6. The molecule has 6 nitrogen and oxygen atoms in total. The molecular formula is C20H20BrN5O. The van der Waals surface area contributed by atoms with Gasteiger partial charge >= 0.3 is 0 Å². The van der Waals surface area contributed by atoms with E-state index >= 15 is 0 Å². The summed E-state index contributed by atoms with van der Waals surface area (Å²) in [5.74, 6) is 0.605. The van der Waals surface area contributed by atoms with Crippen molar-refractivity contribution in [2.24, 2.45) is 0 Å². The number of carbonyl (C=O) groups is 1. The van der Waals surface area contributed by atoms with Crippen molar-refractivity contribution in [3.05, 3.63) is 71.4 Å². The number of nitrogens with zero attached hydrogens (tertiary/aromatic N) is 4. The number of anilines is 2. The summed E-state index contributed by atoms with van der Waals surface area (Å²) in [5, 5.41) is 2.96. The minimum absolute atomic E-state index is 0.142. The molecule has 1 aromatic carbocycles. The van der Waals surface area contributed by atoms with Crippen molar-refractivity contribution in [2.45, 2.75) is 18.9 Å². The number of amides is 1. The number of rotatable bonds is 4. The second-order valence-electron chi connectivity index (χ2n) is 6.56. The third kappa shape index (κ3) is 4.03. The number of halogens is 1. The molecular weight excluding hydrogens is 406 g/mol. The SMILES string of the molecule is O=C(Nc1ccc(Br)cc1)c1cccnc1N1CCC(n2ccnc2)CC1. The third-order valence-electron chi connectivity index (χ3n) is 4.84. The Hall–Kier alpha value is -2.67. The van der Waals surface area contributed by atoms with E-state index in [0.717, 1.165) is 41.9 Å². The largest absolute Gasteiger partial charge is 0.356 e. The second-order valence-corrected chi connectivity index (χ2v) is 7.48. The summed E-state index contributed by atoms with van der Waals surface area (Å²) < 4.78 is 3.14. The molecule has 1 aliphatic heterocycles. The quantitative estimate of drug-likeness (QED) is 0.682. The van der Waals surface area contributed by atoms with Crippen LogP contribution < -0.4 is 10.2 Å². The predicted octanol–water partition coefficient (Wildman–Crippen LogP) is 4.13. The van der Waals surface area contributed by atoms with Crippen LogP contribution in [0.25, 0.3) is 0 Å². The minimum Gasteiger partial charge on any atom is -0.356 e. The number of piperidine rings is 1. The molecule has 0 bridgehead atoms. The van der Waals surface area contributed by atoms with Gasteiger partial charge in [0.1, 0.15) is 5.82 Å². The molecule has 0 spiro atoms. The molecule has 27 heavy (non-hydrogen) atoms. The van der Waals surface area contributed by atoms with E-state index < -0.39 is 0 Å². The molecule has 3 heterocycles. The Balaban J connectivity index is 1.48. The molecule has 4 rings (SSSR count). The van der Waals surface area contributed by atoms with Crippen LogP contribution in [0.1, 0.15) is 29.2 Å². The summed E-state index contributed by atoms with van der Waals surface area (Å²) >= 11 is 3.40. The number of hydrogen-bond acceptors (Lipinski definition) is 4. The maximum Gasteiger partial charge on any atom is 0.259 e. The molecule has 1 N–H and O–H groups in total. The van der Waals surface area contributed by atoms with Gasteiger partial charge in [-0.1, -0.05) is 15.9 Å². The Labute approximate surface area is 166 Å². The lowest BCUT2D eigenvalue weighted by Gasteiger charge is -2.34. The van der Waals surface area contributed by atoms with Crippen LogP contribution in [0.5, 0.6) is 0 Å². The summed E-state index contributed by atoms with van der Waals surface area (Å²) in [6.07, 6.45) is 9.45. The minimum atomic E-state index is -0.142. The van der Waals surface area contributed by atoms with Gasteiger partial charge in [-0.3, -0.25) is 4.79 Å². The fraction of sp³-hybridized carbons (Fsp3) is 0.250. The monoisotopic (exact) mass is 425 g/mol. The first-order valence-corrected chi connectivity index (χ1v) is 9.74. The van der Waals surface area contributed by atoms with Gasteiger partial charge in [-0.2, -0.15) is 0 Å². The van der Waals surface area contributed by atoms with Gasteiger partial charge in [0.05, 0.1) is 11.9 Å². The van der Waals surface area contributed by atoms with E-state index in [0.29, 0.717) is 11.6 Å². The summed E-state index contributed by atoms with van der Waals surface area (Å²) in [4.78, 5) is 23.7. The Kier molecular flexibility index (Phi) is 5.20. The van der Waals surface area contributed by atoms with Crippen LogP contribution in [0.4, 0.5) is 11.5 Å². The number of nitrogens with one attached hydrogen (secondary N) is 1. The van der Waals surface area contributed by atoms with Crippen molar-refractivity contribution in [2.75, 3.05) is 23.3 Å². The van der Waals surface area contributed by atoms with E-state index in [1.165, 1.54) is 0 Å². The van der Waals surface area contributed by atoms with Gasteiger partial charge in [-0.25, -0.2) is 9.97 Å². The van der Waals surface area contributed by atoms with Gasteiger partial charge < -0.3 is 14.8 Å². The first-order chi connectivity index (χ1) is 13.2. The van der Waals surface area contributed by atoms with Gasteiger partial charge in [0, 0.05) is 47.9 Å². The molecule has 7 heteroatoms. The topological polar surface area (TPSA) is 63.1 Å². The highest BCUT2D eigenvalue weighted by atomic mass is 79.9. The normalized spacial score (nSPS) is 14.9. The number of benzene rings is 1. The molecule has 1 aliphatic rings. The summed E-state index contributed by atoms with van der Waals surface area (Å²) in [7, 11) is 0. The Morgan fingerprint density at radius 3 is 2.59 bits per heavy atom. The van der Waals surface area contributed by atoms with Crippen LogP contribution >= 0.6 is 15.9 Å². The molecule has 0 atom stereocenters. The highest BCUT2D eigenvalue weighted by Gasteiger charge is 2.24. The Morgan fingerprint density at radius 1 is 1.11 bits per heavy atom. The molecule has 0 unspecified atom stereocenters. The van der Waals surface area contributed by atoms with E-state index in [1.807, 2.05) is 49.1 Å². The molecule has 1 fully saturated rings. The van der Waals surface area contributed by atoms with Crippen molar-refractivity contribution in [3.63, 3.8) is 0 Å². The first kappa shape index (κ1) is 17.7. The Bertz CT molecular complexity index is 902. The van der Waals surface area contributed by atoms with Gasteiger partial charge in [0.15, 0.2) is 0 Å². The zero-order valence-electron chi connectivity index (χ0n) is 14.8. The van der Waals surface area contributed by atoms with Crippen LogP contribution in [-0.2, 0) is 0 Å². The van der Waals surface area contributed by atoms with Crippen LogP contribution in [-0.4, -0.2) is 33.5 Å². The van der Waals surface area contributed by atoms with Crippen molar-refractivity contribution in [3.8, 4) is 0 Å². The Morgan fingerprint density at radius 2 is 1.89 bits per heavy atom. The molecule has 0 aliphatic carbocycles. The lowest BCUT2D eigenvalue weighted by atomic mass is 10.0.